The molecule has 158 valence electrons. The number of hydrogen-bond donors (Lipinski definition) is 1. The lowest BCUT2D eigenvalue weighted by atomic mass is 9.95. The number of rotatable bonds is 4. The van der Waals surface area contributed by atoms with Gasteiger partial charge in [-0.3, -0.25) is 4.98 Å². The van der Waals surface area contributed by atoms with Crippen LogP contribution >= 0.6 is 0 Å². The van der Waals surface area contributed by atoms with Gasteiger partial charge in [0, 0.05) is 32.4 Å². The number of piperidine rings is 1. The van der Waals surface area contributed by atoms with Gasteiger partial charge in [0.25, 0.3) is 0 Å². The summed E-state index contributed by atoms with van der Waals surface area (Å²) >= 11 is 0. The van der Waals surface area contributed by atoms with E-state index in [0.29, 0.717) is 23.9 Å². The molecular formula is C22H29N7O. The molecule has 3 aromatic heterocycles. The SMILES string of the molecule is COC1CCN(c2ncc(-c3cc4c(cn3)ncn4C3CCCCC3)c(N)n2)CC1. The fraction of sp³-hybridized carbons (Fsp3) is 0.545. The van der Waals surface area contributed by atoms with Crippen molar-refractivity contribution in [2.24, 2.45) is 0 Å². The number of hydrogen-bond acceptors (Lipinski definition) is 7. The van der Waals surface area contributed by atoms with Crippen LogP contribution < -0.4 is 10.6 Å². The molecule has 0 aromatic carbocycles. The maximum atomic E-state index is 6.35. The minimum absolute atomic E-state index is 0.322. The molecule has 1 saturated carbocycles. The van der Waals surface area contributed by atoms with E-state index in [1.54, 1.807) is 13.3 Å². The number of aromatic nitrogens is 5. The van der Waals surface area contributed by atoms with E-state index in [1.165, 1.54) is 32.1 Å². The van der Waals surface area contributed by atoms with E-state index in [2.05, 4.69) is 35.5 Å². The maximum absolute atomic E-state index is 6.35. The number of nitrogens with zero attached hydrogens (tertiary/aromatic N) is 6. The third-order valence-corrected chi connectivity index (χ3v) is 6.57. The molecule has 4 heterocycles. The summed E-state index contributed by atoms with van der Waals surface area (Å²) in [6.07, 6.45) is 14.2. The second-order valence-corrected chi connectivity index (χ2v) is 8.39. The van der Waals surface area contributed by atoms with E-state index in [0.717, 1.165) is 48.2 Å². The summed E-state index contributed by atoms with van der Waals surface area (Å²) in [4.78, 5) is 20.5. The third-order valence-electron chi connectivity index (χ3n) is 6.57. The summed E-state index contributed by atoms with van der Waals surface area (Å²) in [5.41, 5.74) is 9.94. The van der Waals surface area contributed by atoms with Crippen LogP contribution in [0.3, 0.4) is 0 Å². The predicted octanol–water partition coefficient (Wildman–Crippen LogP) is 3.59. The molecule has 0 unspecified atom stereocenters. The molecule has 1 aliphatic carbocycles. The largest absolute Gasteiger partial charge is 0.383 e. The normalized spacial score (nSPS) is 18.9. The molecule has 8 heteroatoms. The second kappa shape index (κ2) is 8.18. The molecule has 0 bridgehead atoms. The van der Waals surface area contributed by atoms with Gasteiger partial charge < -0.3 is 19.9 Å². The van der Waals surface area contributed by atoms with E-state index in [1.807, 2.05) is 12.5 Å². The van der Waals surface area contributed by atoms with E-state index in [4.69, 9.17) is 10.5 Å². The number of nitrogen functional groups attached to an aromatic ring is 1. The molecule has 30 heavy (non-hydrogen) atoms. The number of anilines is 2. The summed E-state index contributed by atoms with van der Waals surface area (Å²) in [6, 6.07) is 2.60. The van der Waals surface area contributed by atoms with Crippen molar-refractivity contribution in [3.05, 3.63) is 24.8 Å². The summed E-state index contributed by atoms with van der Waals surface area (Å²) in [6.45, 7) is 1.75. The Labute approximate surface area is 176 Å². The Morgan fingerprint density at radius 1 is 1.00 bits per heavy atom. The van der Waals surface area contributed by atoms with Crippen molar-refractivity contribution in [3.63, 3.8) is 0 Å². The van der Waals surface area contributed by atoms with E-state index in [-0.39, 0.29) is 0 Å². The molecule has 0 radical (unpaired) electrons. The van der Waals surface area contributed by atoms with Crippen LogP contribution in [0.25, 0.3) is 22.3 Å². The smallest absolute Gasteiger partial charge is 0.227 e. The van der Waals surface area contributed by atoms with Crippen LogP contribution in [0.1, 0.15) is 51.0 Å². The zero-order chi connectivity index (χ0) is 20.5. The molecular weight excluding hydrogens is 378 g/mol. The van der Waals surface area contributed by atoms with Gasteiger partial charge in [-0.1, -0.05) is 19.3 Å². The van der Waals surface area contributed by atoms with Crippen LogP contribution in [0.4, 0.5) is 11.8 Å². The van der Waals surface area contributed by atoms with Gasteiger partial charge in [0.15, 0.2) is 0 Å². The highest BCUT2D eigenvalue weighted by Gasteiger charge is 2.22. The Bertz CT molecular complexity index is 1020. The average Bonchev–Trinajstić information content (AvgIpc) is 3.23. The third kappa shape index (κ3) is 3.60. The Kier molecular flexibility index (Phi) is 5.25. The standard InChI is InChI=1S/C22H29N7O/c1-30-16-7-9-28(10-8-16)22-25-12-17(21(23)27-22)18-11-20-19(13-24-18)26-14-29(20)15-5-3-2-4-6-15/h11-16H,2-10H2,1H3,(H2,23,25,27). The quantitative estimate of drug-likeness (QED) is 0.706. The Hall–Kier alpha value is -2.74. The zero-order valence-corrected chi connectivity index (χ0v) is 17.5. The molecule has 3 aromatic rings. The molecule has 5 rings (SSSR count). The van der Waals surface area contributed by atoms with Crippen LogP contribution in [0.5, 0.6) is 0 Å². The van der Waals surface area contributed by atoms with E-state index in [9.17, 15) is 0 Å². The van der Waals surface area contributed by atoms with Crippen molar-refractivity contribution in [1.29, 1.82) is 0 Å². The summed E-state index contributed by atoms with van der Waals surface area (Å²) in [5.74, 6) is 1.14. The average molecular weight is 408 g/mol. The topological polar surface area (TPSA) is 95.0 Å². The summed E-state index contributed by atoms with van der Waals surface area (Å²) in [5, 5.41) is 0. The van der Waals surface area contributed by atoms with Gasteiger partial charge in [-0.25, -0.2) is 9.97 Å². The Morgan fingerprint density at radius 2 is 1.80 bits per heavy atom. The molecule has 0 atom stereocenters. The highest BCUT2D eigenvalue weighted by atomic mass is 16.5. The molecule has 2 aliphatic rings. The van der Waals surface area contributed by atoms with Crippen molar-refractivity contribution in [1.82, 2.24) is 24.5 Å². The van der Waals surface area contributed by atoms with Crippen LogP contribution in [0, 0.1) is 0 Å². The van der Waals surface area contributed by atoms with Gasteiger partial charge in [0.05, 0.1) is 35.4 Å². The monoisotopic (exact) mass is 407 g/mol. The highest BCUT2D eigenvalue weighted by Crippen LogP contribution is 2.32. The van der Waals surface area contributed by atoms with Gasteiger partial charge in [-0.05, 0) is 31.7 Å². The van der Waals surface area contributed by atoms with E-state index < -0.39 is 0 Å². The lowest BCUT2D eigenvalue weighted by molar-refractivity contribution is 0.0816. The predicted molar refractivity (Wildman–Crippen MR) is 117 cm³/mol. The molecule has 0 amide bonds. The summed E-state index contributed by atoms with van der Waals surface area (Å²) < 4.78 is 7.76. The maximum Gasteiger partial charge on any atom is 0.227 e. The van der Waals surface area contributed by atoms with Gasteiger partial charge in [0.1, 0.15) is 11.3 Å². The van der Waals surface area contributed by atoms with Crippen LogP contribution in [0.2, 0.25) is 0 Å². The van der Waals surface area contributed by atoms with Crippen LogP contribution in [0.15, 0.2) is 24.8 Å². The van der Waals surface area contributed by atoms with Gasteiger partial charge in [-0.15, -0.1) is 0 Å². The molecule has 2 N–H and O–H groups in total. The van der Waals surface area contributed by atoms with E-state index >= 15 is 0 Å². The lowest BCUT2D eigenvalue weighted by Gasteiger charge is -2.31. The number of pyridine rings is 1. The number of ether oxygens (including phenoxy) is 1. The molecule has 1 saturated heterocycles. The first kappa shape index (κ1) is 19.2. The van der Waals surface area contributed by atoms with Crippen molar-refractivity contribution >= 4 is 22.8 Å². The lowest BCUT2D eigenvalue weighted by Crippen LogP contribution is -2.37. The fourth-order valence-corrected chi connectivity index (χ4v) is 4.75. The molecule has 2 fully saturated rings. The molecule has 1 aliphatic heterocycles. The number of methoxy groups -OCH3 is 1. The fourth-order valence-electron chi connectivity index (χ4n) is 4.75. The van der Waals surface area contributed by atoms with Gasteiger partial charge in [0.2, 0.25) is 5.95 Å². The first-order valence-electron chi connectivity index (χ1n) is 11.0. The van der Waals surface area contributed by atoms with Crippen molar-refractivity contribution in [2.75, 3.05) is 30.8 Å². The number of fused-ring (bicyclic) bond motifs is 1. The van der Waals surface area contributed by atoms with Gasteiger partial charge in [-0.2, -0.15) is 4.98 Å². The van der Waals surface area contributed by atoms with Crippen LogP contribution in [-0.4, -0.2) is 50.8 Å². The van der Waals surface area contributed by atoms with Crippen LogP contribution in [-0.2, 0) is 4.74 Å². The first-order chi connectivity index (χ1) is 14.7. The first-order valence-corrected chi connectivity index (χ1v) is 11.0. The Balaban J connectivity index is 1.42. The van der Waals surface area contributed by atoms with Gasteiger partial charge >= 0.3 is 0 Å². The molecule has 0 spiro atoms. The van der Waals surface area contributed by atoms with Crippen molar-refractivity contribution in [3.8, 4) is 11.3 Å². The highest BCUT2D eigenvalue weighted by molar-refractivity contribution is 5.82. The number of imidazole rings is 1. The van der Waals surface area contributed by atoms with Crippen molar-refractivity contribution in [2.45, 2.75) is 57.1 Å². The Morgan fingerprint density at radius 3 is 2.53 bits per heavy atom. The summed E-state index contributed by atoms with van der Waals surface area (Å²) in [7, 11) is 1.77. The van der Waals surface area contributed by atoms with Crippen molar-refractivity contribution < 1.29 is 4.74 Å². The minimum Gasteiger partial charge on any atom is -0.383 e. The minimum atomic E-state index is 0.322. The number of nitrogens with two attached hydrogens (primary N) is 1. The zero-order valence-electron chi connectivity index (χ0n) is 17.5. The second-order valence-electron chi connectivity index (χ2n) is 8.39. The molecule has 8 nitrogen and oxygen atoms in total.